The molecule has 0 atom stereocenters. The zero-order valence-corrected chi connectivity index (χ0v) is 14.8. The Kier molecular flexibility index (Phi) is 5.08. The number of benzene rings is 2. The van der Waals surface area contributed by atoms with E-state index in [1.165, 1.54) is 24.3 Å². The summed E-state index contributed by atoms with van der Waals surface area (Å²) in [6, 6.07) is 12.3. The van der Waals surface area contributed by atoms with Gasteiger partial charge in [-0.15, -0.1) is 0 Å². The Morgan fingerprint density at radius 2 is 1.62 bits per heavy atom. The van der Waals surface area contributed by atoms with Gasteiger partial charge in [0.05, 0.1) is 22.6 Å². The first-order chi connectivity index (χ1) is 12.3. The Balaban J connectivity index is 1.59. The molecule has 1 aliphatic carbocycles. The first-order valence-electron chi connectivity index (χ1n) is 8.28. The lowest BCUT2D eigenvalue weighted by Crippen LogP contribution is -2.14. The molecule has 0 spiro atoms. The molecule has 7 heteroatoms. The van der Waals surface area contributed by atoms with Crippen molar-refractivity contribution < 1.29 is 23.1 Å². The lowest BCUT2D eigenvalue weighted by atomic mass is 10.1. The Morgan fingerprint density at radius 3 is 2.15 bits per heavy atom. The van der Waals surface area contributed by atoms with E-state index in [0.717, 1.165) is 12.8 Å². The molecule has 2 aromatic rings. The number of hydrogen-bond donors (Lipinski definition) is 2. The number of anilines is 1. The van der Waals surface area contributed by atoms with E-state index in [2.05, 4.69) is 5.32 Å². The quantitative estimate of drug-likeness (QED) is 0.777. The third-order valence-electron chi connectivity index (χ3n) is 4.21. The first kappa shape index (κ1) is 18.1. The molecule has 26 heavy (non-hydrogen) atoms. The number of carbonyl (C=O) groups is 2. The molecule has 0 bridgehead atoms. The van der Waals surface area contributed by atoms with Crippen molar-refractivity contribution in [1.82, 2.24) is 0 Å². The van der Waals surface area contributed by atoms with Crippen molar-refractivity contribution in [2.45, 2.75) is 24.2 Å². The van der Waals surface area contributed by atoms with E-state index >= 15 is 0 Å². The molecule has 1 fully saturated rings. The van der Waals surface area contributed by atoms with Gasteiger partial charge in [0.1, 0.15) is 0 Å². The Hall–Kier alpha value is -2.67. The van der Waals surface area contributed by atoms with Crippen LogP contribution in [0.3, 0.4) is 0 Å². The van der Waals surface area contributed by atoms with Crippen LogP contribution in [0.5, 0.6) is 0 Å². The highest BCUT2D eigenvalue weighted by Gasteiger charge is 2.28. The third-order valence-corrected chi connectivity index (χ3v) is 6.12. The Morgan fingerprint density at radius 1 is 1.00 bits per heavy atom. The number of rotatable bonds is 7. The van der Waals surface area contributed by atoms with Crippen molar-refractivity contribution in [2.24, 2.45) is 5.92 Å². The van der Waals surface area contributed by atoms with Crippen molar-refractivity contribution in [1.29, 1.82) is 0 Å². The van der Waals surface area contributed by atoms with Crippen LogP contribution in [0.4, 0.5) is 5.69 Å². The fourth-order valence-electron chi connectivity index (χ4n) is 2.59. The predicted octanol–water partition coefficient (Wildman–Crippen LogP) is 2.75. The van der Waals surface area contributed by atoms with Crippen LogP contribution in [0, 0.1) is 5.92 Å². The van der Waals surface area contributed by atoms with E-state index in [1.807, 2.05) is 0 Å². The first-order valence-corrected chi connectivity index (χ1v) is 9.93. The van der Waals surface area contributed by atoms with Crippen molar-refractivity contribution >= 4 is 27.4 Å². The van der Waals surface area contributed by atoms with E-state index in [0.29, 0.717) is 11.3 Å². The number of sulfone groups is 1. The van der Waals surface area contributed by atoms with Crippen LogP contribution in [-0.4, -0.2) is 31.2 Å². The van der Waals surface area contributed by atoms with Gasteiger partial charge in [0.2, 0.25) is 5.91 Å². The second-order valence-corrected chi connectivity index (χ2v) is 8.51. The van der Waals surface area contributed by atoms with E-state index in [1.54, 1.807) is 24.3 Å². The maximum Gasteiger partial charge on any atom is 0.335 e. The zero-order chi connectivity index (χ0) is 18.7. The predicted molar refractivity (Wildman–Crippen MR) is 97.0 cm³/mol. The van der Waals surface area contributed by atoms with Gasteiger partial charge in [0.25, 0.3) is 0 Å². The normalized spacial score (nSPS) is 14.0. The fourth-order valence-corrected chi connectivity index (χ4v) is 4.29. The smallest absolute Gasteiger partial charge is 0.335 e. The summed E-state index contributed by atoms with van der Waals surface area (Å²) in [6.45, 7) is 0. The van der Waals surface area contributed by atoms with Gasteiger partial charge in [0, 0.05) is 5.69 Å². The van der Waals surface area contributed by atoms with E-state index in [4.69, 9.17) is 5.11 Å². The molecule has 0 saturated heterocycles. The standard InChI is InChI=1S/C19H19NO5S/c21-18(20-16-7-5-15(6-8-16)19(22)23)11-13-3-9-17(10-4-13)26(24,25)12-14-1-2-14/h3-10,14H,1-2,11-12H2,(H,20,21)(H,22,23). The van der Waals surface area contributed by atoms with Crippen LogP contribution in [0.15, 0.2) is 53.4 Å². The van der Waals surface area contributed by atoms with E-state index < -0.39 is 15.8 Å². The number of hydrogen-bond acceptors (Lipinski definition) is 4. The lowest BCUT2D eigenvalue weighted by molar-refractivity contribution is -0.115. The van der Waals surface area contributed by atoms with Crippen LogP contribution in [0.1, 0.15) is 28.8 Å². The molecule has 1 amide bonds. The SMILES string of the molecule is O=C(Cc1ccc(S(=O)(=O)CC2CC2)cc1)Nc1ccc(C(=O)O)cc1. The van der Waals surface area contributed by atoms with Crippen LogP contribution in [-0.2, 0) is 21.1 Å². The second kappa shape index (κ2) is 7.29. The number of carboxylic acids is 1. The molecule has 0 heterocycles. The van der Waals surface area contributed by atoms with Gasteiger partial charge < -0.3 is 10.4 Å². The average Bonchev–Trinajstić information content (AvgIpc) is 3.39. The van der Waals surface area contributed by atoms with Crippen molar-refractivity contribution in [3.05, 3.63) is 59.7 Å². The third kappa shape index (κ3) is 4.70. The van der Waals surface area contributed by atoms with Gasteiger partial charge in [-0.1, -0.05) is 12.1 Å². The van der Waals surface area contributed by atoms with Crippen LogP contribution >= 0.6 is 0 Å². The zero-order valence-electron chi connectivity index (χ0n) is 14.0. The molecule has 6 nitrogen and oxygen atoms in total. The number of aromatic carboxylic acids is 1. The fraction of sp³-hybridized carbons (Fsp3) is 0.263. The molecule has 0 radical (unpaired) electrons. The minimum atomic E-state index is -3.25. The molecule has 0 aliphatic heterocycles. The van der Waals surface area contributed by atoms with Gasteiger partial charge in [-0.25, -0.2) is 13.2 Å². The monoisotopic (exact) mass is 373 g/mol. The van der Waals surface area contributed by atoms with Crippen molar-refractivity contribution in [3.8, 4) is 0 Å². The summed E-state index contributed by atoms with van der Waals surface area (Å²) in [7, 11) is -3.25. The van der Waals surface area contributed by atoms with Gasteiger partial charge in [-0.3, -0.25) is 4.79 Å². The average molecular weight is 373 g/mol. The highest BCUT2D eigenvalue weighted by molar-refractivity contribution is 7.91. The maximum absolute atomic E-state index is 12.2. The van der Waals surface area contributed by atoms with Gasteiger partial charge >= 0.3 is 5.97 Å². The summed E-state index contributed by atoms with van der Waals surface area (Å²) < 4.78 is 24.4. The van der Waals surface area contributed by atoms with Crippen LogP contribution in [0.25, 0.3) is 0 Å². The summed E-state index contributed by atoms with van der Waals surface area (Å²) in [6.07, 6.45) is 2.06. The van der Waals surface area contributed by atoms with Crippen molar-refractivity contribution in [3.63, 3.8) is 0 Å². The van der Waals surface area contributed by atoms with Gasteiger partial charge in [-0.2, -0.15) is 0 Å². The maximum atomic E-state index is 12.2. The van der Waals surface area contributed by atoms with E-state index in [-0.39, 0.29) is 34.5 Å². The molecule has 0 aromatic heterocycles. The summed E-state index contributed by atoms with van der Waals surface area (Å²) in [5.41, 5.74) is 1.35. The molecule has 136 valence electrons. The lowest BCUT2D eigenvalue weighted by Gasteiger charge is -2.07. The molecular weight excluding hydrogens is 354 g/mol. The molecule has 2 aromatic carbocycles. The summed E-state index contributed by atoms with van der Waals surface area (Å²) in [4.78, 5) is 23.2. The minimum Gasteiger partial charge on any atom is -0.478 e. The summed E-state index contributed by atoms with van der Waals surface area (Å²) in [5, 5.41) is 11.5. The minimum absolute atomic E-state index is 0.101. The topological polar surface area (TPSA) is 101 Å². The van der Waals surface area contributed by atoms with Crippen LogP contribution < -0.4 is 5.32 Å². The molecule has 1 aliphatic rings. The van der Waals surface area contributed by atoms with Gasteiger partial charge in [0.15, 0.2) is 9.84 Å². The van der Waals surface area contributed by atoms with E-state index in [9.17, 15) is 18.0 Å². The molecule has 1 saturated carbocycles. The number of carboxylic acid groups (broad SMARTS) is 1. The number of amides is 1. The van der Waals surface area contributed by atoms with Crippen molar-refractivity contribution in [2.75, 3.05) is 11.1 Å². The highest BCUT2D eigenvalue weighted by atomic mass is 32.2. The Labute approximate surface area is 151 Å². The number of carbonyl (C=O) groups excluding carboxylic acids is 1. The molecule has 0 unspecified atom stereocenters. The van der Waals surface area contributed by atoms with Crippen LogP contribution in [0.2, 0.25) is 0 Å². The molecule has 2 N–H and O–H groups in total. The second-order valence-electron chi connectivity index (χ2n) is 6.48. The highest BCUT2D eigenvalue weighted by Crippen LogP contribution is 2.32. The van der Waals surface area contributed by atoms with Gasteiger partial charge in [-0.05, 0) is 60.7 Å². The molecular formula is C19H19NO5S. The molecule has 3 rings (SSSR count). The number of nitrogens with one attached hydrogen (secondary N) is 1. The summed E-state index contributed by atoms with van der Waals surface area (Å²) in [5.74, 6) is -0.807. The largest absolute Gasteiger partial charge is 0.478 e. The summed E-state index contributed by atoms with van der Waals surface area (Å²) >= 11 is 0. The Bertz CT molecular complexity index is 913.